The van der Waals surface area contributed by atoms with Gasteiger partial charge in [0.15, 0.2) is 0 Å². The van der Waals surface area contributed by atoms with Gasteiger partial charge in [-0.2, -0.15) is 0 Å². The second-order valence-corrected chi connectivity index (χ2v) is 8.76. The molecule has 1 aliphatic rings. The predicted octanol–water partition coefficient (Wildman–Crippen LogP) is 5.88. The van der Waals surface area contributed by atoms with Gasteiger partial charge in [-0.05, 0) is 73.7 Å². The molecule has 5 heteroatoms. The third-order valence-corrected chi connectivity index (χ3v) is 6.88. The predicted molar refractivity (Wildman–Crippen MR) is 131 cm³/mol. The first-order chi connectivity index (χ1) is 16.0. The van der Waals surface area contributed by atoms with Crippen molar-refractivity contribution in [3.8, 4) is 5.75 Å². The number of hydrogen-bond donors (Lipinski definition) is 1. The van der Waals surface area contributed by atoms with Gasteiger partial charge in [-0.25, -0.2) is 4.79 Å². The highest BCUT2D eigenvalue weighted by atomic mass is 16.5. The van der Waals surface area contributed by atoms with E-state index in [-0.39, 0.29) is 12.0 Å². The number of carbonyl (C=O) groups is 1. The Bertz CT molecular complexity index is 1350. The van der Waals surface area contributed by atoms with Crippen molar-refractivity contribution in [1.82, 2.24) is 9.55 Å². The average molecular weight is 443 g/mol. The molecule has 0 radical (unpaired) electrons. The largest absolute Gasteiger partial charge is 0.497 e. The lowest BCUT2D eigenvalue weighted by Crippen LogP contribution is -2.25. The summed E-state index contributed by atoms with van der Waals surface area (Å²) in [6.07, 6.45) is 1.52. The zero-order chi connectivity index (χ0) is 23.3. The molecule has 0 saturated carbocycles. The number of para-hydroxylation sites is 1. The standard InChI is InChI=1S/C28H30N2O3/c1-6-18-14-22(28(31)33-7-2)24-15-21-20-10-8-9-11-23(20)29-26(21)27(30(18)24)25-16(3)12-19(32-5)13-17(25)4/h8-14,27,29H,6-7,15H2,1-5H3. The number of hydrogen-bond acceptors (Lipinski definition) is 3. The second kappa shape index (κ2) is 8.14. The van der Waals surface area contributed by atoms with E-state index in [2.05, 4.69) is 66.7 Å². The average Bonchev–Trinajstić information content (AvgIpc) is 3.36. The summed E-state index contributed by atoms with van der Waals surface area (Å²) in [5.41, 5.74) is 10.00. The van der Waals surface area contributed by atoms with Gasteiger partial charge in [0, 0.05) is 34.4 Å². The monoisotopic (exact) mass is 442 g/mol. The van der Waals surface area contributed by atoms with Gasteiger partial charge in [-0.3, -0.25) is 0 Å². The van der Waals surface area contributed by atoms with Crippen LogP contribution in [-0.4, -0.2) is 29.2 Å². The molecule has 5 nitrogen and oxygen atoms in total. The number of fused-ring (bicyclic) bond motifs is 4. The molecule has 1 atom stereocenters. The van der Waals surface area contributed by atoms with Crippen LogP contribution in [0.5, 0.6) is 5.75 Å². The first kappa shape index (κ1) is 21.4. The smallest absolute Gasteiger partial charge is 0.339 e. The van der Waals surface area contributed by atoms with E-state index in [9.17, 15) is 4.79 Å². The van der Waals surface area contributed by atoms with Crippen LogP contribution in [0.2, 0.25) is 0 Å². The Morgan fingerprint density at radius 3 is 2.52 bits per heavy atom. The fraction of sp³-hybridized carbons (Fsp3) is 0.321. The van der Waals surface area contributed by atoms with Crippen LogP contribution in [0.3, 0.4) is 0 Å². The van der Waals surface area contributed by atoms with Gasteiger partial charge in [0.25, 0.3) is 0 Å². The fourth-order valence-electron chi connectivity index (χ4n) is 5.48. The van der Waals surface area contributed by atoms with Gasteiger partial charge in [-0.1, -0.05) is 25.1 Å². The van der Waals surface area contributed by atoms with Crippen molar-refractivity contribution in [2.45, 2.75) is 46.6 Å². The Labute approximate surface area is 194 Å². The summed E-state index contributed by atoms with van der Waals surface area (Å²) in [4.78, 5) is 16.7. The van der Waals surface area contributed by atoms with E-state index in [0.29, 0.717) is 18.6 Å². The van der Waals surface area contributed by atoms with Crippen LogP contribution >= 0.6 is 0 Å². The van der Waals surface area contributed by atoms with Crippen LogP contribution < -0.4 is 4.74 Å². The van der Waals surface area contributed by atoms with E-state index in [1.165, 1.54) is 33.3 Å². The van der Waals surface area contributed by atoms with E-state index < -0.39 is 0 Å². The lowest BCUT2D eigenvalue weighted by atomic mass is 9.87. The topological polar surface area (TPSA) is 56.2 Å². The minimum absolute atomic E-state index is 0.0554. The van der Waals surface area contributed by atoms with Crippen LogP contribution in [0.25, 0.3) is 10.9 Å². The molecule has 0 saturated heterocycles. The maximum Gasteiger partial charge on any atom is 0.339 e. The lowest BCUT2D eigenvalue weighted by molar-refractivity contribution is 0.0525. The summed E-state index contributed by atoms with van der Waals surface area (Å²) >= 11 is 0. The minimum Gasteiger partial charge on any atom is -0.497 e. The first-order valence-corrected chi connectivity index (χ1v) is 11.6. The summed E-state index contributed by atoms with van der Waals surface area (Å²) in [6, 6.07) is 14.6. The molecule has 5 rings (SSSR count). The number of benzene rings is 2. The van der Waals surface area contributed by atoms with Crippen molar-refractivity contribution in [2.75, 3.05) is 13.7 Å². The Morgan fingerprint density at radius 1 is 1.12 bits per heavy atom. The van der Waals surface area contributed by atoms with Crippen molar-refractivity contribution in [3.63, 3.8) is 0 Å². The highest BCUT2D eigenvalue weighted by Gasteiger charge is 2.36. The molecule has 33 heavy (non-hydrogen) atoms. The van der Waals surface area contributed by atoms with Crippen molar-refractivity contribution in [2.24, 2.45) is 0 Å². The first-order valence-electron chi connectivity index (χ1n) is 11.6. The number of ether oxygens (including phenoxy) is 2. The maximum absolute atomic E-state index is 13.0. The van der Waals surface area contributed by atoms with Crippen molar-refractivity contribution in [1.29, 1.82) is 0 Å². The van der Waals surface area contributed by atoms with Crippen LogP contribution in [0.15, 0.2) is 42.5 Å². The third kappa shape index (κ3) is 3.26. The van der Waals surface area contributed by atoms with E-state index in [0.717, 1.165) is 29.1 Å². The number of methoxy groups -OCH3 is 1. The van der Waals surface area contributed by atoms with Crippen molar-refractivity contribution < 1.29 is 14.3 Å². The minimum atomic E-state index is -0.244. The van der Waals surface area contributed by atoms with Gasteiger partial charge in [0.2, 0.25) is 0 Å². The van der Waals surface area contributed by atoms with E-state index in [1.54, 1.807) is 7.11 Å². The molecule has 1 N–H and O–H groups in total. The van der Waals surface area contributed by atoms with Gasteiger partial charge < -0.3 is 19.0 Å². The number of esters is 1. The van der Waals surface area contributed by atoms with E-state index >= 15 is 0 Å². The Balaban J connectivity index is 1.84. The zero-order valence-corrected chi connectivity index (χ0v) is 19.9. The summed E-state index contributed by atoms with van der Waals surface area (Å²) < 4.78 is 13.4. The number of carbonyl (C=O) groups excluding carboxylic acids is 1. The Hall–Kier alpha value is -3.47. The van der Waals surface area contributed by atoms with Crippen molar-refractivity contribution in [3.05, 3.63) is 87.4 Å². The molecule has 170 valence electrons. The fourth-order valence-corrected chi connectivity index (χ4v) is 5.48. The van der Waals surface area contributed by atoms with Crippen LogP contribution in [-0.2, 0) is 17.6 Å². The Kier molecular flexibility index (Phi) is 5.28. The molecule has 0 aliphatic carbocycles. The molecule has 1 unspecified atom stereocenters. The molecule has 0 fully saturated rings. The molecule has 3 heterocycles. The normalized spacial score (nSPS) is 14.8. The molecule has 1 aliphatic heterocycles. The SMILES string of the molecule is CCOC(=O)c1cc(CC)n2c1Cc1c([nH]c3ccccc13)C2c1c(C)cc(OC)cc1C. The van der Waals surface area contributed by atoms with Crippen LogP contribution in [0, 0.1) is 13.8 Å². The molecule has 0 spiro atoms. The van der Waals surface area contributed by atoms with Crippen molar-refractivity contribution >= 4 is 16.9 Å². The maximum atomic E-state index is 13.0. The summed E-state index contributed by atoms with van der Waals surface area (Å²) in [6.45, 7) is 8.64. The van der Waals surface area contributed by atoms with Gasteiger partial charge in [0.05, 0.1) is 25.3 Å². The number of aromatic nitrogens is 2. The molecule has 0 amide bonds. The molecular formula is C28H30N2O3. The second-order valence-electron chi connectivity index (χ2n) is 8.76. The Morgan fingerprint density at radius 2 is 1.85 bits per heavy atom. The van der Waals surface area contributed by atoms with Gasteiger partial charge >= 0.3 is 5.97 Å². The highest BCUT2D eigenvalue weighted by molar-refractivity contribution is 5.93. The molecule has 2 aromatic carbocycles. The molecular weight excluding hydrogens is 412 g/mol. The van der Waals surface area contributed by atoms with E-state index in [4.69, 9.17) is 9.47 Å². The number of nitrogens with one attached hydrogen (secondary N) is 1. The number of aryl methyl sites for hydroxylation is 3. The number of aromatic amines is 1. The summed E-state index contributed by atoms with van der Waals surface area (Å²) in [7, 11) is 1.70. The third-order valence-electron chi connectivity index (χ3n) is 6.88. The highest BCUT2D eigenvalue weighted by Crippen LogP contribution is 2.44. The van der Waals surface area contributed by atoms with Gasteiger partial charge in [-0.15, -0.1) is 0 Å². The molecule has 4 aromatic rings. The van der Waals surface area contributed by atoms with E-state index in [1.807, 2.05) is 13.0 Å². The number of nitrogens with zero attached hydrogens (tertiary/aromatic N) is 1. The molecule has 2 aromatic heterocycles. The zero-order valence-electron chi connectivity index (χ0n) is 19.9. The van der Waals surface area contributed by atoms with Gasteiger partial charge in [0.1, 0.15) is 5.75 Å². The van der Waals surface area contributed by atoms with Crippen LogP contribution in [0.1, 0.15) is 69.6 Å². The number of H-pyrrole nitrogens is 1. The summed E-state index contributed by atoms with van der Waals surface area (Å²) in [5.74, 6) is 0.614. The quantitative estimate of drug-likeness (QED) is 0.346. The number of rotatable bonds is 5. The lowest BCUT2D eigenvalue weighted by Gasteiger charge is -2.32. The molecule has 0 bridgehead atoms. The summed E-state index contributed by atoms with van der Waals surface area (Å²) in [5, 5.41) is 1.21. The van der Waals surface area contributed by atoms with Crippen LogP contribution in [0.4, 0.5) is 0 Å².